The molecule has 0 atom stereocenters. The van der Waals surface area contributed by atoms with E-state index in [2.05, 4.69) is 45.6 Å². The van der Waals surface area contributed by atoms with Crippen LogP contribution in [0.4, 0.5) is 0 Å². The van der Waals surface area contributed by atoms with Crippen molar-refractivity contribution in [2.45, 2.75) is 38.9 Å². The lowest BCUT2D eigenvalue weighted by atomic mass is 10.0. The standard InChI is InChI=1S/C17H25N5/c1-15-12-20-22(13-15)11-8-19-16-5-9-21(10-6-16)14-17-4-2-3-7-18-17/h2-4,7,12-13,16,19H,5-6,8-11,14H2,1H3. The third-order valence-electron chi connectivity index (χ3n) is 4.24. The van der Waals surface area contributed by atoms with E-state index in [-0.39, 0.29) is 0 Å². The van der Waals surface area contributed by atoms with E-state index >= 15 is 0 Å². The summed E-state index contributed by atoms with van der Waals surface area (Å²) in [5.41, 5.74) is 2.39. The number of pyridine rings is 1. The van der Waals surface area contributed by atoms with E-state index in [0.29, 0.717) is 6.04 Å². The lowest BCUT2D eigenvalue weighted by Crippen LogP contribution is -2.43. The second-order valence-corrected chi connectivity index (χ2v) is 6.11. The first-order valence-corrected chi connectivity index (χ1v) is 8.14. The fourth-order valence-corrected chi connectivity index (χ4v) is 2.99. The van der Waals surface area contributed by atoms with Crippen LogP contribution in [-0.4, -0.2) is 45.3 Å². The Balaban J connectivity index is 1.35. The highest BCUT2D eigenvalue weighted by atomic mass is 15.3. The van der Waals surface area contributed by atoms with E-state index in [0.717, 1.165) is 32.7 Å². The van der Waals surface area contributed by atoms with E-state index in [1.807, 2.05) is 23.1 Å². The van der Waals surface area contributed by atoms with Gasteiger partial charge >= 0.3 is 0 Å². The van der Waals surface area contributed by atoms with Crippen molar-refractivity contribution < 1.29 is 0 Å². The third-order valence-corrected chi connectivity index (χ3v) is 4.24. The molecule has 0 radical (unpaired) electrons. The summed E-state index contributed by atoms with van der Waals surface area (Å²) in [4.78, 5) is 6.91. The summed E-state index contributed by atoms with van der Waals surface area (Å²) in [5, 5.41) is 7.98. The van der Waals surface area contributed by atoms with Gasteiger partial charge in [-0.25, -0.2) is 0 Å². The molecule has 2 aromatic rings. The number of nitrogens with zero attached hydrogens (tertiary/aromatic N) is 4. The Bertz CT molecular complexity index is 557. The van der Waals surface area contributed by atoms with Gasteiger partial charge in [0, 0.05) is 44.6 Å². The van der Waals surface area contributed by atoms with Crippen molar-refractivity contribution in [1.82, 2.24) is 25.0 Å². The molecule has 1 N–H and O–H groups in total. The summed E-state index contributed by atoms with van der Waals surface area (Å²) in [7, 11) is 0. The number of nitrogens with one attached hydrogen (secondary N) is 1. The Morgan fingerprint density at radius 2 is 2.14 bits per heavy atom. The van der Waals surface area contributed by atoms with Gasteiger partial charge in [-0.15, -0.1) is 0 Å². The number of rotatable bonds is 6. The fraction of sp³-hybridized carbons (Fsp3) is 0.529. The molecule has 1 aliphatic heterocycles. The minimum atomic E-state index is 0.636. The van der Waals surface area contributed by atoms with Gasteiger partial charge in [-0.1, -0.05) is 6.07 Å². The van der Waals surface area contributed by atoms with Gasteiger partial charge < -0.3 is 5.32 Å². The molecule has 3 rings (SSSR count). The minimum Gasteiger partial charge on any atom is -0.312 e. The van der Waals surface area contributed by atoms with Gasteiger partial charge in [-0.05, 0) is 37.5 Å². The van der Waals surface area contributed by atoms with Crippen molar-refractivity contribution >= 4 is 0 Å². The van der Waals surface area contributed by atoms with Crippen LogP contribution in [0.15, 0.2) is 36.8 Å². The molecule has 0 bridgehead atoms. The van der Waals surface area contributed by atoms with Gasteiger partial charge in [-0.2, -0.15) is 5.10 Å². The lowest BCUT2D eigenvalue weighted by molar-refractivity contribution is 0.188. The van der Waals surface area contributed by atoms with E-state index in [1.54, 1.807) is 0 Å². The highest BCUT2D eigenvalue weighted by molar-refractivity contribution is 5.03. The number of likely N-dealkylation sites (tertiary alicyclic amines) is 1. The number of aryl methyl sites for hydroxylation is 1. The van der Waals surface area contributed by atoms with Crippen LogP contribution < -0.4 is 5.32 Å². The Kier molecular flexibility index (Phi) is 5.19. The van der Waals surface area contributed by atoms with Crippen LogP contribution in [-0.2, 0) is 13.1 Å². The Labute approximate surface area is 132 Å². The second-order valence-electron chi connectivity index (χ2n) is 6.11. The Morgan fingerprint density at radius 1 is 1.27 bits per heavy atom. The molecule has 3 heterocycles. The molecule has 5 nitrogen and oxygen atoms in total. The van der Waals surface area contributed by atoms with Crippen molar-refractivity contribution in [2.24, 2.45) is 0 Å². The second kappa shape index (κ2) is 7.51. The monoisotopic (exact) mass is 299 g/mol. The molecule has 0 aliphatic carbocycles. The number of piperidine rings is 1. The molecular formula is C17H25N5. The molecule has 1 saturated heterocycles. The fourth-order valence-electron chi connectivity index (χ4n) is 2.99. The number of hydrogen-bond donors (Lipinski definition) is 1. The smallest absolute Gasteiger partial charge is 0.0543 e. The van der Waals surface area contributed by atoms with Crippen LogP contribution >= 0.6 is 0 Å². The molecule has 0 saturated carbocycles. The predicted molar refractivity (Wildman–Crippen MR) is 87.5 cm³/mol. The summed E-state index contributed by atoms with van der Waals surface area (Å²) in [6.07, 6.45) is 8.31. The van der Waals surface area contributed by atoms with Crippen LogP contribution in [0.2, 0.25) is 0 Å². The Hall–Kier alpha value is -1.72. The summed E-state index contributed by atoms with van der Waals surface area (Å²) in [5.74, 6) is 0. The molecule has 118 valence electrons. The highest BCUT2D eigenvalue weighted by Gasteiger charge is 2.18. The topological polar surface area (TPSA) is 46.0 Å². The molecule has 5 heteroatoms. The average molecular weight is 299 g/mol. The van der Waals surface area contributed by atoms with Crippen molar-refractivity contribution in [3.63, 3.8) is 0 Å². The Morgan fingerprint density at radius 3 is 2.82 bits per heavy atom. The number of hydrogen-bond acceptors (Lipinski definition) is 4. The molecule has 0 aromatic carbocycles. The zero-order chi connectivity index (χ0) is 15.2. The predicted octanol–water partition coefficient (Wildman–Crippen LogP) is 1.84. The van der Waals surface area contributed by atoms with Crippen molar-refractivity contribution in [3.8, 4) is 0 Å². The maximum atomic E-state index is 4.41. The summed E-state index contributed by atoms with van der Waals surface area (Å²) in [6.45, 7) is 7.28. The normalized spacial score (nSPS) is 17.0. The lowest BCUT2D eigenvalue weighted by Gasteiger charge is -2.32. The number of aromatic nitrogens is 3. The molecular weight excluding hydrogens is 274 g/mol. The van der Waals surface area contributed by atoms with Crippen LogP contribution in [0.25, 0.3) is 0 Å². The quantitative estimate of drug-likeness (QED) is 0.884. The first-order chi connectivity index (χ1) is 10.8. The highest BCUT2D eigenvalue weighted by Crippen LogP contribution is 2.12. The van der Waals surface area contributed by atoms with Crippen molar-refractivity contribution in [1.29, 1.82) is 0 Å². The zero-order valence-corrected chi connectivity index (χ0v) is 13.3. The van der Waals surface area contributed by atoms with Crippen LogP contribution in [0.5, 0.6) is 0 Å². The van der Waals surface area contributed by atoms with Crippen molar-refractivity contribution in [3.05, 3.63) is 48.0 Å². The molecule has 0 amide bonds. The van der Waals surface area contributed by atoms with Gasteiger partial charge in [0.25, 0.3) is 0 Å². The van der Waals surface area contributed by atoms with Crippen LogP contribution in [0.3, 0.4) is 0 Å². The summed E-state index contributed by atoms with van der Waals surface area (Å²) < 4.78 is 2.01. The van der Waals surface area contributed by atoms with Gasteiger partial charge in [0.05, 0.1) is 18.4 Å². The first-order valence-electron chi connectivity index (χ1n) is 8.14. The zero-order valence-electron chi connectivity index (χ0n) is 13.3. The molecule has 1 aliphatic rings. The summed E-state index contributed by atoms with van der Waals surface area (Å²) >= 11 is 0. The van der Waals surface area contributed by atoms with E-state index < -0.39 is 0 Å². The van der Waals surface area contributed by atoms with Gasteiger partial charge in [-0.3, -0.25) is 14.6 Å². The first kappa shape index (κ1) is 15.2. The summed E-state index contributed by atoms with van der Waals surface area (Å²) in [6, 6.07) is 6.78. The molecule has 2 aromatic heterocycles. The molecule has 22 heavy (non-hydrogen) atoms. The van der Waals surface area contributed by atoms with Gasteiger partial charge in [0.2, 0.25) is 0 Å². The maximum absolute atomic E-state index is 4.41. The molecule has 0 spiro atoms. The van der Waals surface area contributed by atoms with E-state index in [4.69, 9.17) is 0 Å². The SMILES string of the molecule is Cc1cnn(CCNC2CCN(Cc3ccccn3)CC2)c1. The largest absolute Gasteiger partial charge is 0.312 e. The van der Waals surface area contributed by atoms with E-state index in [9.17, 15) is 0 Å². The molecule has 1 fully saturated rings. The van der Waals surface area contributed by atoms with Crippen LogP contribution in [0, 0.1) is 6.92 Å². The van der Waals surface area contributed by atoms with Gasteiger partial charge in [0.15, 0.2) is 0 Å². The third kappa shape index (κ3) is 4.39. The minimum absolute atomic E-state index is 0.636. The average Bonchev–Trinajstić information content (AvgIpc) is 2.96. The van der Waals surface area contributed by atoms with Gasteiger partial charge in [0.1, 0.15) is 0 Å². The molecule has 0 unspecified atom stereocenters. The van der Waals surface area contributed by atoms with Crippen LogP contribution in [0.1, 0.15) is 24.1 Å². The van der Waals surface area contributed by atoms with Crippen molar-refractivity contribution in [2.75, 3.05) is 19.6 Å². The maximum Gasteiger partial charge on any atom is 0.0543 e. The van der Waals surface area contributed by atoms with E-state index in [1.165, 1.54) is 24.1 Å².